The Morgan fingerprint density at radius 3 is 2.23 bits per heavy atom. The van der Waals surface area contributed by atoms with Gasteiger partial charge in [0, 0.05) is 5.56 Å². The van der Waals surface area contributed by atoms with E-state index in [0.717, 1.165) is 5.56 Å². The molecule has 0 saturated heterocycles. The first-order valence-electron chi connectivity index (χ1n) is 9.52. The molecule has 0 fully saturated rings. The van der Waals surface area contributed by atoms with Crippen LogP contribution in [0.5, 0.6) is 11.6 Å². The molecule has 0 aliphatic rings. The van der Waals surface area contributed by atoms with Crippen LogP contribution in [-0.2, 0) is 6.54 Å². The summed E-state index contributed by atoms with van der Waals surface area (Å²) in [6.07, 6.45) is 1.73. The van der Waals surface area contributed by atoms with Crippen molar-refractivity contribution in [3.05, 3.63) is 103 Å². The van der Waals surface area contributed by atoms with E-state index in [4.69, 9.17) is 9.72 Å². The SMILES string of the molecule is Fc1ccc(-c2nc(Oc3ccccc3)c3ncn(Cc4ccccc4)c3n2)cc1. The lowest BCUT2D eigenvalue weighted by atomic mass is 10.2. The highest BCUT2D eigenvalue weighted by Crippen LogP contribution is 2.29. The number of para-hydroxylation sites is 1. The second-order valence-corrected chi connectivity index (χ2v) is 6.80. The van der Waals surface area contributed by atoms with Crippen molar-refractivity contribution in [1.29, 1.82) is 0 Å². The van der Waals surface area contributed by atoms with Gasteiger partial charge < -0.3 is 9.30 Å². The smallest absolute Gasteiger partial charge is 0.251 e. The maximum absolute atomic E-state index is 13.4. The second kappa shape index (κ2) is 7.75. The molecule has 146 valence electrons. The van der Waals surface area contributed by atoms with Crippen LogP contribution in [0, 0.1) is 5.82 Å². The van der Waals surface area contributed by atoms with Crippen molar-refractivity contribution in [3.8, 4) is 23.0 Å². The molecule has 30 heavy (non-hydrogen) atoms. The van der Waals surface area contributed by atoms with Crippen LogP contribution in [0.2, 0.25) is 0 Å². The Morgan fingerprint density at radius 1 is 0.800 bits per heavy atom. The van der Waals surface area contributed by atoms with E-state index in [-0.39, 0.29) is 5.82 Å². The van der Waals surface area contributed by atoms with Gasteiger partial charge in [-0.1, -0.05) is 48.5 Å². The number of rotatable bonds is 5. The molecule has 2 aromatic heterocycles. The molecule has 3 aromatic carbocycles. The van der Waals surface area contributed by atoms with E-state index in [0.29, 0.717) is 40.7 Å². The summed E-state index contributed by atoms with van der Waals surface area (Å²) < 4.78 is 21.4. The number of nitrogens with zero attached hydrogens (tertiary/aromatic N) is 4. The minimum Gasteiger partial charge on any atom is -0.437 e. The van der Waals surface area contributed by atoms with Gasteiger partial charge in [0.2, 0.25) is 0 Å². The lowest BCUT2D eigenvalue weighted by Gasteiger charge is -2.09. The first-order chi connectivity index (χ1) is 14.8. The van der Waals surface area contributed by atoms with Gasteiger partial charge in [-0.3, -0.25) is 0 Å². The molecule has 0 atom stereocenters. The van der Waals surface area contributed by atoms with Gasteiger partial charge in [-0.15, -0.1) is 0 Å². The summed E-state index contributed by atoms with van der Waals surface area (Å²) >= 11 is 0. The third-order valence-corrected chi connectivity index (χ3v) is 4.69. The van der Waals surface area contributed by atoms with Crippen molar-refractivity contribution in [2.45, 2.75) is 6.54 Å². The summed E-state index contributed by atoms with van der Waals surface area (Å²) in [6, 6.07) is 25.6. The van der Waals surface area contributed by atoms with Crippen LogP contribution in [0.1, 0.15) is 5.56 Å². The normalized spacial score (nSPS) is 11.0. The van der Waals surface area contributed by atoms with Gasteiger partial charge >= 0.3 is 0 Å². The average molecular weight is 396 g/mol. The minimum absolute atomic E-state index is 0.310. The third kappa shape index (κ3) is 3.63. The van der Waals surface area contributed by atoms with E-state index in [9.17, 15) is 4.39 Å². The number of fused-ring (bicyclic) bond motifs is 1. The zero-order chi connectivity index (χ0) is 20.3. The Kier molecular flexibility index (Phi) is 4.65. The summed E-state index contributed by atoms with van der Waals surface area (Å²) in [5, 5.41) is 0. The summed E-state index contributed by atoms with van der Waals surface area (Å²) in [5.74, 6) is 1.15. The fourth-order valence-electron chi connectivity index (χ4n) is 3.21. The molecule has 0 N–H and O–H groups in total. The van der Waals surface area contributed by atoms with E-state index >= 15 is 0 Å². The molecule has 0 aliphatic heterocycles. The predicted molar refractivity (Wildman–Crippen MR) is 113 cm³/mol. The molecular weight excluding hydrogens is 379 g/mol. The number of halogens is 1. The van der Waals surface area contributed by atoms with Crippen molar-refractivity contribution in [1.82, 2.24) is 19.5 Å². The molecule has 0 spiro atoms. The van der Waals surface area contributed by atoms with Gasteiger partial charge in [-0.2, -0.15) is 4.98 Å². The third-order valence-electron chi connectivity index (χ3n) is 4.69. The molecule has 0 aliphatic carbocycles. The van der Waals surface area contributed by atoms with Crippen LogP contribution in [0.15, 0.2) is 91.3 Å². The highest BCUT2D eigenvalue weighted by atomic mass is 19.1. The Hall–Kier alpha value is -4.06. The van der Waals surface area contributed by atoms with Gasteiger partial charge in [0.1, 0.15) is 11.6 Å². The quantitative estimate of drug-likeness (QED) is 0.395. The molecule has 5 aromatic rings. The number of hydrogen-bond donors (Lipinski definition) is 0. The van der Waals surface area contributed by atoms with E-state index in [2.05, 4.69) is 22.1 Å². The van der Waals surface area contributed by atoms with Crippen LogP contribution in [0.3, 0.4) is 0 Å². The maximum Gasteiger partial charge on any atom is 0.251 e. The summed E-state index contributed by atoms with van der Waals surface area (Å²) in [5.41, 5.74) is 3.05. The van der Waals surface area contributed by atoms with Crippen LogP contribution < -0.4 is 4.74 Å². The number of hydrogen-bond acceptors (Lipinski definition) is 4. The molecule has 0 bridgehead atoms. The van der Waals surface area contributed by atoms with Crippen LogP contribution in [0.25, 0.3) is 22.6 Å². The van der Waals surface area contributed by atoms with Crippen molar-refractivity contribution in [2.75, 3.05) is 0 Å². The summed E-state index contributed by atoms with van der Waals surface area (Å²) in [6.45, 7) is 0.613. The van der Waals surface area contributed by atoms with E-state index < -0.39 is 0 Å². The lowest BCUT2D eigenvalue weighted by molar-refractivity contribution is 0.468. The Labute approximate surface area is 172 Å². The van der Waals surface area contributed by atoms with Gasteiger partial charge in [0.05, 0.1) is 12.9 Å². The van der Waals surface area contributed by atoms with E-state index in [1.807, 2.05) is 53.1 Å². The zero-order valence-electron chi connectivity index (χ0n) is 15.9. The molecule has 0 saturated carbocycles. The van der Waals surface area contributed by atoms with Crippen LogP contribution in [0.4, 0.5) is 4.39 Å². The van der Waals surface area contributed by atoms with E-state index in [1.165, 1.54) is 12.1 Å². The van der Waals surface area contributed by atoms with Crippen molar-refractivity contribution in [2.24, 2.45) is 0 Å². The molecular formula is C24H17FN4O. The summed E-state index contributed by atoms with van der Waals surface area (Å²) in [4.78, 5) is 13.8. The molecule has 5 nitrogen and oxygen atoms in total. The standard InChI is InChI=1S/C24H17FN4O/c25-19-13-11-18(12-14-19)22-27-23-21(24(28-22)30-20-9-5-2-6-10-20)26-16-29(23)15-17-7-3-1-4-8-17/h1-14,16H,15H2. The second-order valence-electron chi connectivity index (χ2n) is 6.80. The van der Waals surface area contributed by atoms with Gasteiger partial charge in [0.15, 0.2) is 17.0 Å². The largest absolute Gasteiger partial charge is 0.437 e. The fraction of sp³-hybridized carbons (Fsp3) is 0.0417. The van der Waals surface area contributed by atoms with Crippen LogP contribution in [-0.4, -0.2) is 19.5 Å². The Bertz CT molecular complexity index is 1290. The van der Waals surface area contributed by atoms with Gasteiger partial charge in [0.25, 0.3) is 5.88 Å². The number of benzene rings is 3. The highest BCUT2D eigenvalue weighted by Gasteiger charge is 2.16. The van der Waals surface area contributed by atoms with E-state index in [1.54, 1.807) is 18.5 Å². The molecule has 0 radical (unpaired) electrons. The zero-order valence-corrected chi connectivity index (χ0v) is 15.9. The molecule has 5 rings (SSSR count). The van der Waals surface area contributed by atoms with Crippen molar-refractivity contribution >= 4 is 11.2 Å². The fourth-order valence-corrected chi connectivity index (χ4v) is 3.21. The molecule has 0 amide bonds. The monoisotopic (exact) mass is 396 g/mol. The molecule has 6 heteroatoms. The maximum atomic E-state index is 13.4. The van der Waals surface area contributed by atoms with Crippen LogP contribution >= 0.6 is 0 Å². The topological polar surface area (TPSA) is 52.8 Å². The first kappa shape index (κ1) is 18.0. The van der Waals surface area contributed by atoms with Gasteiger partial charge in [-0.25, -0.2) is 14.4 Å². The van der Waals surface area contributed by atoms with Gasteiger partial charge in [-0.05, 0) is 42.0 Å². The predicted octanol–water partition coefficient (Wildman–Crippen LogP) is 5.47. The Morgan fingerprint density at radius 2 is 1.50 bits per heavy atom. The number of imidazole rings is 1. The number of ether oxygens (including phenoxy) is 1. The average Bonchev–Trinajstić information content (AvgIpc) is 3.19. The lowest BCUT2D eigenvalue weighted by Crippen LogP contribution is -2.02. The number of aromatic nitrogens is 4. The van der Waals surface area contributed by atoms with Crippen molar-refractivity contribution in [3.63, 3.8) is 0 Å². The molecule has 0 unspecified atom stereocenters. The minimum atomic E-state index is -0.310. The molecule has 2 heterocycles. The highest BCUT2D eigenvalue weighted by molar-refractivity contribution is 5.79. The first-order valence-corrected chi connectivity index (χ1v) is 9.52. The summed E-state index contributed by atoms with van der Waals surface area (Å²) in [7, 11) is 0. The Balaban J connectivity index is 1.64. The van der Waals surface area contributed by atoms with Crippen molar-refractivity contribution < 1.29 is 9.13 Å².